The minimum absolute atomic E-state index is 0.0237. The fourth-order valence-electron chi connectivity index (χ4n) is 7.85. The highest BCUT2D eigenvalue weighted by Gasteiger charge is 2.66. The maximum Gasteiger partial charge on any atom is 0.306 e. The molecule has 0 aromatic carbocycles. The zero-order valence-corrected chi connectivity index (χ0v) is 15.6. The highest BCUT2D eigenvalue weighted by molar-refractivity contribution is 5.91. The van der Waals surface area contributed by atoms with E-state index in [4.69, 9.17) is 4.74 Å². The molecule has 3 saturated carbocycles. The van der Waals surface area contributed by atoms with E-state index >= 15 is 0 Å². The van der Waals surface area contributed by atoms with Gasteiger partial charge in [-0.05, 0) is 80.6 Å². The highest BCUT2D eigenvalue weighted by atomic mass is 16.6. The van der Waals surface area contributed by atoms with Crippen LogP contribution in [0.2, 0.25) is 0 Å². The van der Waals surface area contributed by atoms with Crippen LogP contribution >= 0.6 is 0 Å². The Morgan fingerprint density at radius 2 is 1.72 bits per heavy atom. The van der Waals surface area contributed by atoms with Crippen molar-refractivity contribution in [2.75, 3.05) is 0 Å². The molecule has 136 valence electrons. The molecule has 4 unspecified atom stereocenters. The van der Waals surface area contributed by atoms with E-state index in [0.29, 0.717) is 24.0 Å². The lowest BCUT2D eigenvalue weighted by Gasteiger charge is -2.59. The first kappa shape index (κ1) is 16.1. The second kappa shape index (κ2) is 4.98. The Labute approximate surface area is 150 Å². The van der Waals surface area contributed by atoms with Gasteiger partial charge in [-0.3, -0.25) is 9.59 Å². The van der Waals surface area contributed by atoms with Crippen LogP contribution in [-0.2, 0) is 14.3 Å². The average molecular weight is 342 g/mol. The maximum atomic E-state index is 11.9. The third kappa shape index (κ3) is 1.93. The molecule has 0 aromatic rings. The molecule has 0 N–H and O–H groups in total. The van der Waals surface area contributed by atoms with E-state index in [1.54, 1.807) is 0 Å². The smallest absolute Gasteiger partial charge is 0.306 e. The minimum Gasteiger partial charge on any atom is -0.458 e. The first-order chi connectivity index (χ1) is 11.9. The number of ether oxygens (including phenoxy) is 1. The molecular weight excluding hydrogens is 312 g/mol. The van der Waals surface area contributed by atoms with Gasteiger partial charge in [0.25, 0.3) is 0 Å². The van der Waals surface area contributed by atoms with E-state index in [0.717, 1.165) is 38.0 Å². The summed E-state index contributed by atoms with van der Waals surface area (Å²) < 4.78 is 6.01. The summed E-state index contributed by atoms with van der Waals surface area (Å²) in [6.45, 7) is 4.86. The van der Waals surface area contributed by atoms with Crippen molar-refractivity contribution in [3.63, 3.8) is 0 Å². The van der Waals surface area contributed by atoms with Gasteiger partial charge in [-0.2, -0.15) is 0 Å². The summed E-state index contributed by atoms with van der Waals surface area (Å²) in [6.07, 6.45) is 12.3. The van der Waals surface area contributed by atoms with Gasteiger partial charge in [-0.1, -0.05) is 19.4 Å². The third-order valence-electron chi connectivity index (χ3n) is 9.29. The number of fused-ring (bicyclic) bond motifs is 6. The maximum absolute atomic E-state index is 11.9. The average Bonchev–Trinajstić information content (AvgIpc) is 3.10. The molecular formula is C22H30O3. The fraction of sp³-hybridized carbons (Fsp3) is 0.818. The number of ketones is 1. The predicted molar refractivity (Wildman–Crippen MR) is 94.8 cm³/mol. The van der Waals surface area contributed by atoms with Crippen molar-refractivity contribution < 1.29 is 14.3 Å². The Morgan fingerprint density at radius 3 is 2.48 bits per heavy atom. The van der Waals surface area contributed by atoms with E-state index in [1.165, 1.54) is 31.3 Å². The van der Waals surface area contributed by atoms with Crippen LogP contribution < -0.4 is 0 Å². The van der Waals surface area contributed by atoms with Crippen LogP contribution in [0.5, 0.6) is 0 Å². The van der Waals surface area contributed by atoms with Crippen LogP contribution in [0, 0.1) is 28.6 Å². The quantitative estimate of drug-likeness (QED) is 0.605. The van der Waals surface area contributed by atoms with Crippen LogP contribution in [0.1, 0.15) is 78.1 Å². The molecule has 1 saturated heterocycles. The van der Waals surface area contributed by atoms with Crippen LogP contribution in [0.4, 0.5) is 0 Å². The van der Waals surface area contributed by atoms with Gasteiger partial charge in [0.2, 0.25) is 0 Å². The standard InChI is InChI=1S/C22H30O3/c1-20-9-5-15(23)13-14(20)3-4-16-17(20)6-10-21(2)18(16)7-11-22(21)12-8-19(24)25-22/h13,16-18H,3-12H2,1-2H3/t16?,17?,18?,20-,21?,22+/m0/s1. The van der Waals surface area contributed by atoms with Crippen LogP contribution in [0.15, 0.2) is 11.6 Å². The molecule has 0 aromatic heterocycles. The van der Waals surface area contributed by atoms with E-state index in [-0.39, 0.29) is 22.4 Å². The molecule has 5 aliphatic rings. The Kier molecular flexibility index (Phi) is 3.21. The topological polar surface area (TPSA) is 43.4 Å². The summed E-state index contributed by atoms with van der Waals surface area (Å²) >= 11 is 0. The van der Waals surface area contributed by atoms with Gasteiger partial charge in [0.1, 0.15) is 5.60 Å². The van der Waals surface area contributed by atoms with Crippen molar-refractivity contribution in [2.45, 2.75) is 83.7 Å². The number of hydrogen-bond acceptors (Lipinski definition) is 3. The van der Waals surface area contributed by atoms with Crippen LogP contribution in [-0.4, -0.2) is 17.4 Å². The summed E-state index contributed by atoms with van der Waals surface area (Å²) in [5.74, 6) is 2.51. The SMILES string of the molecule is CC12CCC3C(CCC4=CC(=O)CC[C@@]43C)C1CC[C@@]21CCC(=O)O1. The molecule has 1 spiro atoms. The number of hydrogen-bond donors (Lipinski definition) is 0. The van der Waals surface area contributed by atoms with Crippen molar-refractivity contribution in [1.29, 1.82) is 0 Å². The summed E-state index contributed by atoms with van der Waals surface area (Å²) in [5.41, 5.74) is 1.68. The molecule has 6 atom stereocenters. The molecule has 25 heavy (non-hydrogen) atoms. The summed E-state index contributed by atoms with van der Waals surface area (Å²) in [5, 5.41) is 0. The number of carbonyl (C=O) groups is 2. The lowest BCUT2D eigenvalue weighted by molar-refractivity contribution is -0.168. The van der Waals surface area contributed by atoms with Crippen LogP contribution in [0.25, 0.3) is 0 Å². The Balaban J connectivity index is 1.49. The van der Waals surface area contributed by atoms with Crippen molar-refractivity contribution in [3.05, 3.63) is 11.6 Å². The Bertz CT molecular complexity index is 679. The van der Waals surface area contributed by atoms with Crippen molar-refractivity contribution >= 4 is 11.8 Å². The minimum atomic E-state index is -0.167. The van der Waals surface area contributed by atoms with Crippen LogP contribution in [0.3, 0.4) is 0 Å². The number of allylic oxidation sites excluding steroid dienone is 1. The lowest BCUT2D eigenvalue weighted by Crippen LogP contribution is -2.54. The van der Waals surface area contributed by atoms with Gasteiger partial charge >= 0.3 is 5.97 Å². The highest BCUT2D eigenvalue weighted by Crippen LogP contribution is 2.69. The van der Waals surface area contributed by atoms with E-state index in [9.17, 15) is 9.59 Å². The van der Waals surface area contributed by atoms with Crippen molar-refractivity contribution in [1.82, 2.24) is 0 Å². The molecule has 0 amide bonds. The third-order valence-corrected chi connectivity index (χ3v) is 9.29. The van der Waals surface area contributed by atoms with Crippen molar-refractivity contribution in [2.24, 2.45) is 28.6 Å². The summed E-state index contributed by atoms with van der Waals surface area (Å²) in [4.78, 5) is 23.8. The fourth-order valence-corrected chi connectivity index (χ4v) is 7.85. The zero-order chi connectivity index (χ0) is 17.4. The molecule has 0 bridgehead atoms. The molecule has 3 heteroatoms. The number of rotatable bonds is 0. The predicted octanol–water partition coefficient (Wildman–Crippen LogP) is 4.59. The van der Waals surface area contributed by atoms with Crippen molar-refractivity contribution in [3.8, 4) is 0 Å². The largest absolute Gasteiger partial charge is 0.458 e. The number of esters is 1. The van der Waals surface area contributed by atoms with Gasteiger partial charge in [0.05, 0.1) is 0 Å². The Hall–Kier alpha value is -1.12. The first-order valence-electron chi connectivity index (χ1n) is 10.3. The van der Waals surface area contributed by atoms with Gasteiger partial charge in [-0.25, -0.2) is 0 Å². The monoisotopic (exact) mass is 342 g/mol. The van der Waals surface area contributed by atoms with E-state index in [2.05, 4.69) is 13.8 Å². The normalized spacial score (nSPS) is 51.6. The molecule has 4 fully saturated rings. The molecule has 0 radical (unpaired) electrons. The first-order valence-corrected chi connectivity index (χ1v) is 10.3. The molecule has 5 rings (SSSR count). The molecule has 3 nitrogen and oxygen atoms in total. The molecule has 1 aliphatic heterocycles. The summed E-state index contributed by atoms with van der Waals surface area (Å²) in [6, 6.07) is 0. The number of carbonyl (C=O) groups excluding carboxylic acids is 2. The molecule has 1 heterocycles. The second-order valence-corrected chi connectivity index (χ2v) is 9.93. The Morgan fingerprint density at radius 1 is 0.920 bits per heavy atom. The van der Waals surface area contributed by atoms with E-state index in [1.807, 2.05) is 6.08 Å². The second-order valence-electron chi connectivity index (χ2n) is 9.93. The zero-order valence-electron chi connectivity index (χ0n) is 15.6. The van der Waals surface area contributed by atoms with Gasteiger partial charge < -0.3 is 4.74 Å². The van der Waals surface area contributed by atoms with Gasteiger partial charge in [0, 0.05) is 18.3 Å². The van der Waals surface area contributed by atoms with E-state index < -0.39 is 0 Å². The molecule has 4 aliphatic carbocycles. The van der Waals surface area contributed by atoms with Gasteiger partial charge in [0.15, 0.2) is 5.78 Å². The summed E-state index contributed by atoms with van der Waals surface area (Å²) in [7, 11) is 0. The lowest BCUT2D eigenvalue weighted by atomic mass is 9.46. The van der Waals surface area contributed by atoms with Gasteiger partial charge in [-0.15, -0.1) is 0 Å².